The first kappa shape index (κ1) is 25.6. The monoisotopic (exact) mass is 523 g/mol. The maximum atomic E-state index is 5.50. The summed E-state index contributed by atoms with van der Waals surface area (Å²) >= 11 is 1.72. The molecule has 1 aliphatic heterocycles. The Morgan fingerprint density at radius 2 is 1.96 bits per heavy atom. The summed E-state index contributed by atoms with van der Waals surface area (Å²) in [6.45, 7) is 19.3. The van der Waals surface area contributed by atoms with Crippen LogP contribution in [0.4, 0.5) is 0 Å². The molecule has 2 rings (SSSR count). The molecule has 0 aliphatic carbocycles. The number of hydrogen-bond donors (Lipinski definition) is 2. The van der Waals surface area contributed by atoms with Crippen LogP contribution in [0.15, 0.2) is 10.4 Å². The van der Waals surface area contributed by atoms with E-state index < -0.39 is 0 Å². The van der Waals surface area contributed by atoms with Crippen LogP contribution in [-0.2, 0) is 16.7 Å². The van der Waals surface area contributed by atoms with Gasteiger partial charge < -0.3 is 15.4 Å². The van der Waals surface area contributed by atoms with E-state index >= 15 is 0 Å². The zero-order chi connectivity index (χ0) is 19.9. The Labute approximate surface area is 192 Å². The maximum absolute atomic E-state index is 5.50. The number of rotatable bonds is 7. The van der Waals surface area contributed by atoms with Crippen molar-refractivity contribution in [3.05, 3.63) is 16.1 Å². The van der Waals surface area contributed by atoms with Crippen molar-refractivity contribution in [1.29, 1.82) is 0 Å². The third-order valence-corrected chi connectivity index (χ3v) is 6.02. The van der Waals surface area contributed by atoms with E-state index in [2.05, 4.69) is 62.5 Å². The lowest BCUT2D eigenvalue weighted by atomic mass is 9.98. The largest absolute Gasteiger partial charge is 0.379 e. The van der Waals surface area contributed by atoms with E-state index in [4.69, 9.17) is 14.7 Å². The standard InChI is InChI=1S/C20H37N5OS.HI/c1-7-21-19(22-12-16-14-27-18(24-16)20(4,5)6)23-13-17(15(2)3)25-8-10-26-11-9-25;/h14-15,17H,7-13H2,1-6H3,(H2,21,22,23);1H. The number of aliphatic imine (C=N–C) groups is 1. The summed E-state index contributed by atoms with van der Waals surface area (Å²) in [4.78, 5) is 12.0. The van der Waals surface area contributed by atoms with Crippen LogP contribution in [0.5, 0.6) is 0 Å². The molecular weight excluding hydrogens is 485 g/mol. The van der Waals surface area contributed by atoms with E-state index in [0.29, 0.717) is 18.5 Å². The van der Waals surface area contributed by atoms with Crippen molar-refractivity contribution in [2.24, 2.45) is 10.9 Å². The average Bonchev–Trinajstić information content (AvgIpc) is 3.10. The Morgan fingerprint density at radius 3 is 2.50 bits per heavy atom. The highest BCUT2D eigenvalue weighted by atomic mass is 127. The summed E-state index contributed by atoms with van der Waals surface area (Å²) < 4.78 is 5.50. The van der Waals surface area contributed by atoms with Crippen molar-refractivity contribution in [3.63, 3.8) is 0 Å². The smallest absolute Gasteiger partial charge is 0.191 e. The summed E-state index contributed by atoms with van der Waals surface area (Å²) in [6, 6.07) is 0.476. The summed E-state index contributed by atoms with van der Waals surface area (Å²) in [5.74, 6) is 1.44. The number of thiazole rings is 1. The first-order valence-electron chi connectivity index (χ1n) is 10.1. The van der Waals surface area contributed by atoms with Gasteiger partial charge in [-0.3, -0.25) is 4.90 Å². The molecule has 8 heteroatoms. The number of nitrogens with one attached hydrogen (secondary N) is 2. The van der Waals surface area contributed by atoms with Crippen LogP contribution >= 0.6 is 35.3 Å². The van der Waals surface area contributed by atoms with Crippen molar-refractivity contribution < 1.29 is 4.74 Å². The van der Waals surface area contributed by atoms with Gasteiger partial charge in [0, 0.05) is 43.0 Å². The van der Waals surface area contributed by atoms with Gasteiger partial charge in [0.15, 0.2) is 5.96 Å². The minimum absolute atomic E-state index is 0. The summed E-state index contributed by atoms with van der Waals surface area (Å²) in [5, 5.41) is 10.2. The fourth-order valence-corrected chi connectivity index (χ4v) is 4.02. The third-order valence-electron chi connectivity index (χ3n) is 4.70. The fourth-order valence-electron chi connectivity index (χ4n) is 3.12. The number of ether oxygens (including phenoxy) is 1. The number of morpholine rings is 1. The molecule has 0 aromatic carbocycles. The van der Waals surface area contributed by atoms with Gasteiger partial charge in [-0.25, -0.2) is 9.98 Å². The second kappa shape index (κ2) is 12.3. The SMILES string of the molecule is CCNC(=NCc1csc(C(C)(C)C)n1)NCC(C(C)C)N1CCOCC1.I. The van der Waals surface area contributed by atoms with Gasteiger partial charge in [0.25, 0.3) is 0 Å². The number of hydrogen-bond acceptors (Lipinski definition) is 5. The molecule has 28 heavy (non-hydrogen) atoms. The highest BCUT2D eigenvalue weighted by molar-refractivity contribution is 14.0. The lowest BCUT2D eigenvalue weighted by Gasteiger charge is -2.37. The van der Waals surface area contributed by atoms with Gasteiger partial charge in [0.1, 0.15) is 0 Å². The zero-order valence-electron chi connectivity index (χ0n) is 18.2. The lowest BCUT2D eigenvalue weighted by Crippen LogP contribution is -2.52. The van der Waals surface area contributed by atoms with Crippen LogP contribution < -0.4 is 10.6 Å². The summed E-state index contributed by atoms with van der Waals surface area (Å²) in [5.41, 5.74) is 1.13. The van der Waals surface area contributed by atoms with Gasteiger partial charge in [-0.1, -0.05) is 34.6 Å². The molecule has 1 fully saturated rings. The minimum atomic E-state index is 0. The van der Waals surface area contributed by atoms with E-state index in [1.165, 1.54) is 0 Å². The molecule has 1 atom stereocenters. The first-order valence-corrected chi connectivity index (χ1v) is 11.0. The number of halogens is 1. The molecule has 0 spiro atoms. The van der Waals surface area contributed by atoms with Crippen LogP contribution in [0.1, 0.15) is 52.2 Å². The molecule has 1 aromatic heterocycles. The lowest BCUT2D eigenvalue weighted by molar-refractivity contribution is 0.00752. The molecule has 2 heterocycles. The van der Waals surface area contributed by atoms with Crippen molar-refractivity contribution in [1.82, 2.24) is 20.5 Å². The quantitative estimate of drug-likeness (QED) is 0.326. The van der Waals surface area contributed by atoms with Gasteiger partial charge >= 0.3 is 0 Å². The van der Waals surface area contributed by atoms with E-state index in [0.717, 1.165) is 56.1 Å². The molecule has 0 bridgehead atoms. The Hall–Kier alpha value is -0.450. The average molecular weight is 524 g/mol. The van der Waals surface area contributed by atoms with Gasteiger partial charge in [-0.15, -0.1) is 35.3 Å². The molecule has 162 valence electrons. The molecule has 0 amide bonds. The summed E-state index contributed by atoms with van der Waals surface area (Å²) in [7, 11) is 0. The topological polar surface area (TPSA) is 61.8 Å². The van der Waals surface area contributed by atoms with Crippen molar-refractivity contribution in [2.45, 2.75) is 59.5 Å². The minimum Gasteiger partial charge on any atom is -0.379 e. The highest BCUT2D eigenvalue weighted by Gasteiger charge is 2.24. The Bertz CT molecular complexity index is 594. The summed E-state index contributed by atoms with van der Waals surface area (Å²) in [6.07, 6.45) is 0. The normalized spacial score (nSPS) is 17.3. The molecule has 1 aliphatic rings. The fraction of sp³-hybridized carbons (Fsp3) is 0.800. The van der Waals surface area contributed by atoms with E-state index in [1.54, 1.807) is 11.3 Å². The number of aromatic nitrogens is 1. The molecule has 0 radical (unpaired) electrons. The third kappa shape index (κ3) is 8.12. The van der Waals surface area contributed by atoms with Crippen LogP contribution in [-0.4, -0.2) is 61.3 Å². The molecule has 2 N–H and O–H groups in total. The van der Waals surface area contributed by atoms with E-state index in [1.807, 2.05) is 0 Å². The second-order valence-electron chi connectivity index (χ2n) is 8.43. The van der Waals surface area contributed by atoms with Crippen LogP contribution in [0.25, 0.3) is 0 Å². The Kier molecular flexibility index (Phi) is 11.2. The van der Waals surface area contributed by atoms with Crippen molar-refractivity contribution >= 4 is 41.3 Å². The van der Waals surface area contributed by atoms with E-state index in [-0.39, 0.29) is 29.4 Å². The first-order chi connectivity index (χ1) is 12.8. The molecule has 1 aromatic rings. The number of nitrogens with zero attached hydrogens (tertiary/aromatic N) is 3. The van der Waals surface area contributed by atoms with Crippen molar-refractivity contribution in [2.75, 3.05) is 39.4 Å². The Balaban J connectivity index is 0.00000392. The van der Waals surface area contributed by atoms with Gasteiger partial charge in [0.2, 0.25) is 0 Å². The highest BCUT2D eigenvalue weighted by Crippen LogP contribution is 2.25. The van der Waals surface area contributed by atoms with Gasteiger partial charge in [-0.2, -0.15) is 0 Å². The second-order valence-corrected chi connectivity index (χ2v) is 9.29. The predicted octanol–water partition coefficient (Wildman–Crippen LogP) is 3.47. The molecule has 1 unspecified atom stereocenters. The maximum Gasteiger partial charge on any atom is 0.191 e. The molecule has 0 saturated carbocycles. The van der Waals surface area contributed by atoms with Crippen LogP contribution in [0, 0.1) is 5.92 Å². The van der Waals surface area contributed by atoms with E-state index in [9.17, 15) is 0 Å². The number of guanidine groups is 1. The molecule has 6 nitrogen and oxygen atoms in total. The van der Waals surface area contributed by atoms with Crippen LogP contribution in [0.3, 0.4) is 0 Å². The molecular formula is C20H38IN5OS. The van der Waals surface area contributed by atoms with Crippen LogP contribution in [0.2, 0.25) is 0 Å². The zero-order valence-corrected chi connectivity index (χ0v) is 21.4. The van der Waals surface area contributed by atoms with Gasteiger partial charge in [-0.05, 0) is 12.8 Å². The van der Waals surface area contributed by atoms with Crippen molar-refractivity contribution in [3.8, 4) is 0 Å². The predicted molar refractivity (Wildman–Crippen MR) is 130 cm³/mol. The molecule has 1 saturated heterocycles. The van der Waals surface area contributed by atoms with Gasteiger partial charge in [0.05, 0.1) is 30.5 Å². The Morgan fingerprint density at radius 1 is 1.29 bits per heavy atom.